The van der Waals surface area contributed by atoms with E-state index >= 15 is 0 Å². The number of ether oxygens (including phenoxy) is 1. The molecule has 1 N–H and O–H groups in total. The van der Waals surface area contributed by atoms with Gasteiger partial charge in [-0.05, 0) is 66.1 Å². The fourth-order valence-corrected chi connectivity index (χ4v) is 4.33. The molecule has 0 aliphatic carbocycles. The monoisotopic (exact) mass is 543 g/mol. The normalized spacial score (nSPS) is 12.2. The van der Waals surface area contributed by atoms with E-state index in [9.17, 15) is 23.1 Å². The van der Waals surface area contributed by atoms with Crippen molar-refractivity contribution in [1.29, 1.82) is 0 Å². The number of oxazole rings is 1. The average molecular weight is 544 g/mol. The molecule has 5 rings (SSSR count). The average Bonchev–Trinajstić information content (AvgIpc) is 3.35. The van der Waals surface area contributed by atoms with E-state index < -0.39 is 23.8 Å². The van der Waals surface area contributed by atoms with Crippen molar-refractivity contribution in [3.63, 3.8) is 0 Å². The summed E-state index contributed by atoms with van der Waals surface area (Å²) in [6, 6.07) is 28.8. The number of aryl methyl sites for hydroxylation is 1. The van der Waals surface area contributed by atoms with Gasteiger partial charge in [0.2, 0.25) is 5.89 Å². The quantitative estimate of drug-likeness (QED) is 0.214. The maximum atomic E-state index is 12.9. The summed E-state index contributed by atoms with van der Waals surface area (Å²) in [6.45, 7) is 1.75. The maximum Gasteiger partial charge on any atom is 0.416 e. The topological polar surface area (TPSA) is 72.6 Å². The molecule has 0 fully saturated rings. The molecule has 0 spiro atoms. The van der Waals surface area contributed by atoms with Crippen molar-refractivity contribution in [2.45, 2.75) is 25.6 Å². The molecule has 1 aromatic heterocycles. The number of carbonyl (C=O) groups is 1. The molecule has 0 radical (unpaired) electrons. The van der Waals surface area contributed by atoms with Crippen molar-refractivity contribution in [1.82, 2.24) is 4.98 Å². The highest BCUT2D eigenvalue weighted by atomic mass is 19.4. The number of benzene rings is 4. The first-order valence-electron chi connectivity index (χ1n) is 12.5. The Labute approximate surface area is 228 Å². The van der Waals surface area contributed by atoms with E-state index in [-0.39, 0.29) is 12.3 Å². The van der Waals surface area contributed by atoms with Gasteiger partial charge in [-0.25, -0.2) is 9.78 Å². The van der Waals surface area contributed by atoms with Gasteiger partial charge in [0.1, 0.15) is 17.2 Å². The van der Waals surface area contributed by atoms with Gasteiger partial charge >= 0.3 is 12.1 Å². The van der Waals surface area contributed by atoms with Gasteiger partial charge in [-0.3, -0.25) is 0 Å². The third kappa shape index (κ3) is 6.07. The van der Waals surface area contributed by atoms with Crippen LogP contribution in [0.1, 0.15) is 16.9 Å². The zero-order valence-electron chi connectivity index (χ0n) is 21.4. The first kappa shape index (κ1) is 26.7. The van der Waals surface area contributed by atoms with Gasteiger partial charge in [-0.1, -0.05) is 60.7 Å². The fourth-order valence-electron chi connectivity index (χ4n) is 4.33. The van der Waals surface area contributed by atoms with Gasteiger partial charge in [-0.2, -0.15) is 13.2 Å². The number of rotatable bonds is 8. The van der Waals surface area contributed by atoms with Gasteiger partial charge in [0.05, 0.1) is 5.56 Å². The van der Waals surface area contributed by atoms with E-state index in [2.05, 4.69) is 4.98 Å². The minimum atomic E-state index is -4.42. The minimum absolute atomic E-state index is 0.233. The first-order valence-corrected chi connectivity index (χ1v) is 12.5. The first-order chi connectivity index (χ1) is 19.2. The van der Waals surface area contributed by atoms with Gasteiger partial charge in [0, 0.05) is 17.5 Å². The number of hydrogen-bond acceptors (Lipinski definition) is 4. The second-order valence-electron chi connectivity index (χ2n) is 9.24. The van der Waals surface area contributed by atoms with Crippen LogP contribution in [0.4, 0.5) is 13.2 Å². The summed E-state index contributed by atoms with van der Waals surface area (Å²) in [7, 11) is 0. The standard InChI is InChI=1S/C32H24F3NO4/c1-20-29(36-30(39-20)23-10-14-26(15-11-23)32(33,34)35)25-9-5-8-24(19-25)22-12-16-27(17-13-22)40-28(31(37)38)18-21-6-3-2-4-7-21/h2-17,19,28H,18H2,1H3,(H,37,38). The number of alkyl halides is 3. The third-order valence-electron chi connectivity index (χ3n) is 6.40. The molecule has 0 aliphatic heterocycles. The second kappa shape index (κ2) is 11.1. The van der Waals surface area contributed by atoms with E-state index in [4.69, 9.17) is 9.15 Å². The molecular weight excluding hydrogens is 519 g/mol. The minimum Gasteiger partial charge on any atom is -0.478 e. The Kier molecular flexibility index (Phi) is 7.42. The van der Waals surface area contributed by atoms with Gasteiger partial charge in [0.25, 0.3) is 0 Å². The number of carboxylic acid groups (broad SMARTS) is 1. The zero-order chi connectivity index (χ0) is 28.3. The van der Waals surface area contributed by atoms with Gasteiger partial charge in [0.15, 0.2) is 6.10 Å². The Balaban J connectivity index is 1.34. The number of hydrogen-bond donors (Lipinski definition) is 1. The molecule has 0 saturated carbocycles. The van der Waals surface area contributed by atoms with Crippen LogP contribution in [0.2, 0.25) is 0 Å². The van der Waals surface area contributed by atoms with Crippen LogP contribution in [0, 0.1) is 6.92 Å². The summed E-state index contributed by atoms with van der Waals surface area (Å²) < 4.78 is 50.3. The van der Waals surface area contributed by atoms with Gasteiger partial charge < -0.3 is 14.3 Å². The Morgan fingerprint density at radius 1 is 0.850 bits per heavy atom. The Hall–Kier alpha value is -4.85. The van der Waals surface area contributed by atoms with Crippen LogP contribution in [0.3, 0.4) is 0 Å². The van der Waals surface area contributed by atoms with Crippen molar-refractivity contribution in [3.05, 3.63) is 120 Å². The molecule has 1 unspecified atom stereocenters. The highest BCUT2D eigenvalue weighted by Crippen LogP contribution is 2.34. The Morgan fingerprint density at radius 2 is 1.50 bits per heavy atom. The van der Waals surface area contributed by atoms with E-state index in [1.54, 1.807) is 19.1 Å². The van der Waals surface area contributed by atoms with Crippen LogP contribution < -0.4 is 4.74 Å². The van der Waals surface area contributed by atoms with E-state index in [0.29, 0.717) is 22.8 Å². The van der Waals surface area contributed by atoms with Crippen molar-refractivity contribution >= 4 is 5.97 Å². The largest absolute Gasteiger partial charge is 0.478 e. The van der Waals surface area contributed by atoms with Crippen LogP contribution in [0.15, 0.2) is 108 Å². The molecular formula is C32H24F3NO4. The molecule has 0 bridgehead atoms. The van der Waals surface area contributed by atoms with Crippen LogP contribution in [-0.4, -0.2) is 22.2 Å². The number of carboxylic acids is 1. The molecule has 5 aromatic rings. The highest BCUT2D eigenvalue weighted by Gasteiger charge is 2.30. The lowest BCUT2D eigenvalue weighted by Gasteiger charge is -2.15. The lowest BCUT2D eigenvalue weighted by molar-refractivity contribution is -0.145. The van der Waals surface area contributed by atoms with E-state index in [1.165, 1.54) is 12.1 Å². The van der Waals surface area contributed by atoms with Crippen molar-refractivity contribution in [2.75, 3.05) is 0 Å². The summed E-state index contributed by atoms with van der Waals surface area (Å²) in [5.41, 5.74) is 3.72. The van der Waals surface area contributed by atoms with Crippen molar-refractivity contribution in [2.24, 2.45) is 0 Å². The maximum absolute atomic E-state index is 12.9. The number of halogens is 3. The molecule has 1 heterocycles. The van der Waals surface area contributed by atoms with Crippen molar-refractivity contribution < 1.29 is 32.2 Å². The molecule has 5 nitrogen and oxygen atoms in total. The van der Waals surface area contributed by atoms with Crippen LogP contribution in [-0.2, 0) is 17.4 Å². The molecule has 1 atom stereocenters. The molecule has 0 aliphatic rings. The number of aliphatic carboxylic acids is 1. The van der Waals surface area contributed by atoms with Crippen LogP contribution >= 0.6 is 0 Å². The second-order valence-corrected chi connectivity index (χ2v) is 9.24. The molecule has 4 aromatic carbocycles. The number of aromatic nitrogens is 1. The summed E-state index contributed by atoms with van der Waals surface area (Å²) in [5, 5.41) is 9.62. The molecule has 40 heavy (non-hydrogen) atoms. The molecule has 0 saturated heterocycles. The predicted molar refractivity (Wildman–Crippen MR) is 145 cm³/mol. The Morgan fingerprint density at radius 3 is 2.15 bits per heavy atom. The predicted octanol–water partition coefficient (Wildman–Crippen LogP) is 8.08. The molecule has 202 valence electrons. The third-order valence-corrected chi connectivity index (χ3v) is 6.40. The summed E-state index contributed by atoms with van der Waals surface area (Å²) in [6.07, 6.45) is -5.20. The smallest absolute Gasteiger partial charge is 0.416 e. The summed E-state index contributed by atoms with van der Waals surface area (Å²) >= 11 is 0. The summed E-state index contributed by atoms with van der Waals surface area (Å²) in [5.74, 6) is 0.168. The van der Waals surface area contributed by atoms with Crippen LogP contribution in [0.5, 0.6) is 5.75 Å². The summed E-state index contributed by atoms with van der Waals surface area (Å²) in [4.78, 5) is 16.3. The molecule has 0 amide bonds. The Bertz CT molecular complexity index is 1610. The number of nitrogens with zero attached hydrogens (tertiary/aromatic N) is 1. The van der Waals surface area contributed by atoms with E-state index in [0.717, 1.165) is 34.4 Å². The SMILES string of the molecule is Cc1oc(-c2ccc(C(F)(F)F)cc2)nc1-c1cccc(-c2ccc(OC(Cc3ccccc3)C(=O)O)cc2)c1. The van der Waals surface area contributed by atoms with Gasteiger partial charge in [-0.15, -0.1) is 0 Å². The fraction of sp³-hybridized carbons (Fsp3) is 0.125. The lowest BCUT2D eigenvalue weighted by Crippen LogP contribution is -2.29. The van der Waals surface area contributed by atoms with Crippen molar-refractivity contribution in [3.8, 4) is 39.6 Å². The lowest BCUT2D eigenvalue weighted by atomic mass is 10.0. The molecule has 8 heteroatoms. The van der Waals surface area contributed by atoms with E-state index in [1.807, 2.05) is 66.7 Å². The zero-order valence-corrected chi connectivity index (χ0v) is 21.4. The highest BCUT2D eigenvalue weighted by molar-refractivity contribution is 5.75. The van der Waals surface area contributed by atoms with Crippen LogP contribution in [0.25, 0.3) is 33.8 Å².